The van der Waals surface area contributed by atoms with E-state index in [0.29, 0.717) is 0 Å². The number of rotatable bonds is 2. The maximum absolute atomic E-state index is 13.8. The zero-order valence-electron chi connectivity index (χ0n) is 12.9. The van der Waals surface area contributed by atoms with Crippen LogP contribution in [0.3, 0.4) is 0 Å². The average molecular weight is 363 g/mol. The predicted molar refractivity (Wildman–Crippen MR) is 84.5 cm³/mol. The normalized spacial score (nSPS) is 11.5. The quantitative estimate of drug-likeness (QED) is 0.554. The van der Waals surface area contributed by atoms with Gasteiger partial charge >= 0.3 is 5.69 Å². The number of nitrogens with zero attached hydrogens (tertiary/aromatic N) is 4. The Kier molecular flexibility index (Phi) is 3.43. The second-order valence-electron chi connectivity index (χ2n) is 5.55. The largest absolute Gasteiger partial charge is 0.381 e. The fourth-order valence-electron chi connectivity index (χ4n) is 2.70. The van der Waals surface area contributed by atoms with E-state index in [-0.39, 0.29) is 28.1 Å². The molecule has 2 aromatic carbocycles. The topological polar surface area (TPSA) is 78.2 Å². The van der Waals surface area contributed by atoms with Gasteiger partial charge in [0.15, 0.2) is 17.5 Å². The fourth-order valence-corrected chi connectivity index (χ4v) is 2.70. The second-order valence-corrected chi connectivity index (χ2v) is 5.55. The van der Waals surface area contributed by atoms with Gasteiger partial charge in [-0.25, -0.2) is 36.4 Å². The van der Waals surface area contributed by atoms with Crippen LogP contribution in [0.5, 0.6) is 0 Å². The Morgan fingerprint density at radius 3 is 2.35 bits per heavy atom. The molecule has 26 heavy (non-hydrogen) atoms. The summed E-state index contributed by atoms with van der Waals surface area (Å²) >= 11 is 0. The Morgan fingerprint density at radius 1 is 1.00 bits per heavy atom. The number of hydrogen-bond acceptors (Lipinski definition) is 4. The molecular formula is C16H9F4N5O. The fraction of sp³-hybridized carbons (Fsp3) is 0.0625. The van der Waals surface area contributed by atoms with E-state index in [1.165, 1.54) is 6.07 Å². The van der Waals surface area contributed by atoms with Gasteiger partial charge in [-0.2, -0.15) is 0 Å². The summed E-state index contributed by atoms with van der Waals surface area (Å²) in [6.45, 7) is -0.510. The Balaban J connectivity index is 2.00. The van der Waals surface area contributed by atoms with Crippen molar-refractivity contribution in [1.82, 2.24) is 19.2 Å². The molecule has 0 aliphatic rings. The molecule has 6 nitrogen and oxygen atoms in total. The van der Waals surface area contributed by atoms with Crippen molar-refractivity contribution in [2.75, 3.05) is 5.73 Å². The van der Waals surface area contributed by atoms with Crippen molar-refractivity contribution >= 4 is 22.5 Å². The lowest BCUT2D eigenvalue weighted by atomic mass is 10.2. The minimum absolute atomic E-state index is 0.0624. The van der Waals surface area contributed by atoms with Gasteiger partial charge in [0, 0.05) is 17.7 Å². The van der Waals surface area contributed by atoms with Crippen molar-refractivity contribution in [3.8, 4) is 0 Å². The summed E-state index contributed by atoms with van der Waals surface area (Å²) in [5.74, 6) is -4.26. The maximum atomic E-state index is 13.8. The van der Waals surface area contributed by atoms with Crippen molar-refractivity contribution in [1.29, 1.82) is 0 Å². The molecule has 0 aliphatic heterocycles. The lowest BCUT2D eigenvalue weighted by Crippen LogP contribution is -2.23. The number of halogens is 4. The van der Waals surface area contributed by atoms with Crippen LogP contribution in [-0.2, 0) is 6.54 Å². The van der Waals surface area contributed by atoms with Crippen molar-refractivity contribution in [2.45, 2.75) is 6.54 Å². The van der Waals surface area contributed by atoms with Crippen molar-refractivity contribution in [2.24, 2.45) is 0 Å². The van der Waals surface area contributed by atoms with E-state index in [1.807, 2.05) is 0 Å². The second kappa shape index (κ2) is 5.55. The first-order chi connectivity index (χ1) is 12.4. The highest BCUT2D eigenvalue weighted by Crippen LogP contribution is 2.20. The smallest absolute Gasteiger partial charge is 0.351 e. The minimum Gasteiger partial charge on any atom is -0.381 e. The molecule has 0 fully saturated rings. The molecule has 0 spiro atoms. The third-order valence-corrected chi connectivity index (χ3v) is 3.94. The van der Waals surface area contributed by atoms with Crippen LogP contribution in [0.2, 0.25) is 0 Å². The summed E-state index contributed by atoms with van der Waals surface area (Å²) in [5.41, 5.74) is 4.27. The van der Waals surface area contributed by atoms with Crippen LogP contribution < -0.4 is 11.4 Å². The Morgan fingerprint density at radius 2 is 1.65 bits per heavy atom. The number of nitrogen functional groups attached to an aromatic ring is 1. The molecule has 0 saturated heterocycles. The van der Waals surface area contributed by atoms with Crippen molar-refractivity contribution < 1.29 is 17.6 Å². The maximum Gasteiger partial charge on any atom is 0.351 e. The molecule has 0 amide bonds. The molecule has 4 rings (SSSR count). The van der Waals surface area contributed by atoms with Gasteiger partial charge in [-0.3, -0.25) is 0 Å². The van der Waals surface area contributed by atoms with Gasteiger partial charge in [0.2, 0.25) is 5.65 Å². The van der Waals surface area contributed by atoms with Crippen LogP contribution in [0.15, 0.2) is 35.1 Å². The summed E-state index contributed by atoms with van der Waals surface area (Å²) in [4.78, 5) is 16.5. The summed E-state index contributed by atoms with van der Waals surface area (Å²) in [6.07, 6.45) is 0. The van der Waals surface area contributed by atoms with E-state index >= 15 is 0 Å². The highest BCUT2D eigenvalue weighted by atomic mass is 19.2. The zero-order chi connectivity index (χ0) is 18.6. The third-order valence-electron chi connectivity index (χ3n) is 3.94. The Bertz CT molecular complexity index is 1230. The third kappa shape index (κ3) is 2.30. The highest BCUT2D eigenvalue weighted by Gasteiger charge is 2.18. The van der Waals surface area contributed by atoms with Crippen molar-refractivity contribution in [3.63, 3.8) is 0 Å². The van der Waals surface area contributed by atoms with E-state index in [4.69, 9.17) is 5.73 Å². The highest BCUT2D eigenvalue weighted by molar-refractivity contribution is 5.81. The number of aromatic nitrogens is 4. The number of benzene rings is 2. The van der Waals surface area contributed by atoms with Gasteiger partial charge in [0.05, 0.1) is 17.6 Å². The lowest BCUT2D eigenvalue weighted by molar-refractivity contribution is 0.510. The molecule has 2 N–H and O–H groups in total. The van der Waals surface area contributed by atoms with E-state index in [2.05, 4.69) is 10.1 Å². The van der Waals surface area contributed by atoms with Crippen LogP contribution in [0.1, 0.15) is 5.56 Å². The van der Waals surface area contributed by atoms with Crippen LogP contribution in [0, 0.1) is 23.3 Å². The van der Waals surface area contributed by atoms with E-state index < -0.39 is 35.5 Å². The SMILES string of the molecule is Nc1nc2cc(F)c(F)cc2n2c(=O)n(Cc3c(F)cccc3F)nc12. The Hall–Kier alpha value is -3.43. The summed E-state index contributed by atoms with van der Waals surface area (Å²) in [7, 11) is 0. The number of nitrogens with two attached hydrogens (primary N) is 1. The number of fused-ring (bicyclic) bond motifs is 3. The molecule has 0 unspecified atom stereocenters. The van der Waals surface area contributed by atoms with Crippen LogP contribution in [-0.4, -0.2) is 19.2 Å². The van der Waals surface area contributed by atoms with Gasteiger partial charge in [0.1, 0.15) is 11.6 Å². The van der Waals surface area contributed by atoms with E-state index in [0.717, 1.165) is 33.3 Å². The molecule has 2 heterocycles. The lowest BCUT2D eigenvalue weighted by Gasteiger charge is -2.03. The van der Waals surface area contributed by atoms with Crippen LogP contribution in [0.4, 0.5) is 23.4 Å². The minimum atomic E-state index is -1.19. The van der Waals surface area contributed by atoms with E-state index in [9.17, 15) is 22.4 Å². The van der Waals surface area contributed by atoms with Crippen molar-refractivity contribution in [3.05, 3.63) is 69.6 Å². The molecule has 2 aromatic heterocycles. The van der Waals surface area contributed by atoms with Gasteiger partial charge in [0.25, 0.3) is 0 Å². The van der Waals surface area contributed by atoms with Gasteiger partial charge in [-0.05, 0) is 12.1 Å². The summed E-state index contributed by atoms with van der Waals surface area (Å²) in [5, 5.41) is 3.92. The van der Waals surface area contributed by atoms with Gasteiger partial charge in [-0.1, -0.05) is 6.07 Å². The number of hydrogen-bond donors (Lipinski definition) is 1. The van der Waals surface area contributed by atoms with Gasteiger partial charge in [-0.15, -0.1) is 5.10 Å². The van der Waals surface area contributed by atoms with Gasteiger partial charge < -0.3 is 5.73 Å². The predicted octanol–water partition coefficient (Wildman–Crippen LogP) is 2.23. The molecule has 0 saturated carbocycles. The van der Waals surface area contributed by atoms with E-state index in [1.54, 1.807) is 0 Å². The first kappa shape index (κ1) is 16.1. The summed E-state index contributed by atoms with van der Waals surface area (Å²) in [6, 6.07) is 4.85. The first-order valence-electron chi connectivity index (χ1n) is 7.33. The van der Waals surface area contributed by atoms with Crippen LogP contribution in [0.25, 0.3) is 16.7 Å². The molecule has 132 valence electrons. The standard InChI is InChI=1S/C16H9F4N5O/c17-8-2-1-3-9(18)7(8)6-24-16(26)25-13-5-11(20)10(19)4-12(13)22-14(21)15(25)23-24/h1-5H,6H2,(H2,21,22). The monoisotopic (exact) mass is 363 g/mol. The molecule has 0 atom stereocenters. The average Bonchev–Trinajstić information content (AvgIpc) is 2.91. The molecule has 4 aromatic rings. The zero-order valence-corrected chi connectivity index (χ0v) is 12.9. The Labute approximate surface area is 142 Å². The summed E-state index contributed by atoms with van der Waals surface area (Å²) < 4.78 is 56.4. The van der Waals surface area contributed by atoms with Crippen LogP contribution >= 0.6 is 0 Å². The molecular weight excluding hydrogens is 354 g/mol. The number of anilines is 1. The molecule has 0 bridgehead atoms. The molecule has 0 aliphatic carbocycles. The molecule has 10 heteroatoms. The molecule has 0 radical (unpaired) electrons. The first-order valence-corrected chi connectivity index (χ1v) is 7.33.